The maximum atomic E-state index is 13.1. The van der Waals surface area contributed by atoms with E-state index in [2.05, 4.69) is 11.9 Å². The molecule has 0 saturated heterocycles. The van der Waals surface area contributed by atoms with Gasteiger partial charge in [-0.1, -0.05) is 13.3 Å². The molecular formula is C13H15FN2S. The van der Waals surface area contributed by atoms with Crippen LogP contribution in [0.5, 0.6) is 0 Å². The standard InChI is InChI=1S/C13H15FN2S/c1-13(6-2-3-11(13)15)12-16-9-7-8(14)4-5-10(9)17-12/h4-5,7,11H,2-3,6,15H2,1H3. The van der Waals surface area contributed by atoms with E-state index >= 15 is 0 Å². The monoisotopic (exact) mass is 250 g/mol. The van der Waals surface area contributed by atoms with Gasteiger partial charge in [0.25, 0.3) is 0 Å². The zero-order valence-electron chi connectivity index (χ0n) is 9.74. The quantitative estimate of drug-likeness (QED) is 0.844. The molecular weight excluding hydrogens is 235 g/mol. The fourth-order valence-electron chi connectivity index (χ4n) is 2.60. The first-order valence-electron chi connectivity index (χ1n) is 5.92. The Kier molecular flexibility index (Phi) is 2.45. The highest BCUT2D eigenvalue weighted by Gasteiger charge is 2.40. The number of aromatic nitrogens is 1. The Morgan fingerprint density at radius 3 is 3.06 bits per heavy atom. The molecule has 90 valence electrons. The van der Waals surface area contributed by atoms with E-state index in [-0.39, 0.29) is 17.3 Å². The summed E-state index contributed by atoms with van der Waals surface area (Å²) in [6, 6.07) is 4.96. The first-order valence-corrected chi connectivity index (χ1v) is 6.73. The fraction of sp³-hybridized carbons (Fsp3) is 0.462. The van der Waals surface area contributed by atoms with Crippen LogP contribution >= 0.6 is 11.3 Å². The summed E-state index contributed by atoms with van der Waals surface area (Å²) in [6.45, 7) is 2.18. The molecule has 1 heterocycles. The van der Waals surface area contributed by atoms with Crippen molar-refractivity contribution in [2.75, 3.05) is 0 Å². The summed E-state index contributed by atoms with van der Waals surface area (Å²) < 4.78 is 14.2. The van der Waals surface area contributed by atoms with Gasteiger partial charge in [0.05, 0.1) is 10.2 Å². The SMILES string of the molecule is CC1(c2nc3cc(F)ccc3s2)CCCC1N. The molecule has 17 heavy (non-hydrogen) atoms. The van der Waals surface area contributed by atoms with Gasteiger partial charge < -0.3 is 5.73 Å². The van der Waals surface area contributed by atoms with Gasteiger partial charge in [-0.15, -0.1) is 11.3 Å². The van der Waals surface area contributed by atoms with Crippen molar-refractivity contribution < 1.29 is 4.39 Å². The normalized spacial score (nSPS) is 29.0. The van der Waals surface area contributed by atoms with Crippen molar-refractivity contribution in [1.29, 1.82) is 0 Å². The Bertz CT molecular complexity index is 566. The van der Waals surface area contributed by atoms with E-state index in [1.807, 2.05) is 0 Å². The lowest BCUT2D eigenvalue weighted by atomic mass is 9.86. The van der Waals surface area contributed by atoms with Crippen molar-refractivity contribution in [1.82, 2.24) is 4.98 Å². The van der Waals surface area contributed by atoms with Crippen LogP contribution in [0.3, 0.4) is 0 Å². The van der Waals surface area contributed by atoms with Crippen LogP contribution in [0.1, 0.15) is 31.2 Å². The van der Waals surface area contributed by atoms with Gasteiger partial charge in [0, 0.05) is 17.5 Å². The van der Waals surface area contributed by atoms with Crippen molar-refractivity contribution in [2.45, 2.75) is 37.6 Å². The number of hydrogen-bond donors (Lipinski definition) is 1. The van der Waals surface area contributed by atoms with Crippen molar-refractivity contribution >= 4 is 21.6 Å². The molecule has 1 aliphatic rings. The molecule has 2 aromatic rings. The van der Waals surface area contributed by atoms with Gasteiger partial charge in [-0.25, -0.2) is 9.37 Å². The maximum Gasteiger partial charge on any atom is 0.125 e. The van der Waals surface area contributed by atoms with Gasteiger partial charge in [0.2, 0.25) is 0 Å². The van der Waals surface area contributed by atoms with E-state index in [1.165, 1.54) is 12.1 Å². The third-order valence-corrected chi connectivity index (χ3v) is 5.18. The number of fused-ring (bicyclic) bond motifs is 1. The van der Waals surface area contributed by atoms with E-state index in [0.717, 1.165) is 34.5 Å². The summed E-state index contributed by atoms with van der Waals surface area (Å²) >= 11 is 1.65. The Hall–Kier alpha value is -1.00. The Balaban J connectivity index is 2.12. The summed E-state index contributed by atoms with van der Waals surface area (Å²) in [5.74, 6) is -0.227. The number of rotatable bonds is 1. The van der Waals surface area contributed by atoms with E-state index in [9.17, 15) is 4.39 Å². The minimum Gasteiger partial charge on any atom is -0.327 e. The molecule has 0 amide bonds. The highest BCUT2D eigenvalue weighted by atomic mass is 32.1. The van der Waals surface area contributed by atoms with Crippen LogP contribution < -0.4 is 5.73 Å². The maximum absolute atomic E-state index is 13.1. The van der Waals surface area contributed by atoms with Gasteiger partial charge in [0.15, 0.2) is 0 Å². The van der Waals surface area contributed by atoms with Crippen molar-refractivity contribution in [3.05, 3.63) is 29.0 Å². The lowest BCUT2D eigenvalue weighted by molar-refractivity contribution is 0.428. The molecule has 1 aromatic heterocycles. The summed E-state index contributed by atoms with van der Waals surface area (Å²) in [7, 11) is 0. The zero-order chi connectivity index (χ0) is 12.0. The van der Waals surface area contributed by atoms with Crippen LogP contribution in [0.2, 0.25) is 0 Å². The molecule has 3 rings (SSSR count). The largest absolute Gasteiger partial charge is 0.327 e. The third kappa shape index (κ3) is 1.67. The zero-order valence-corrected chi connectivity index (χ0v) is 10.6. The fourth-order valence-corrected chi connectivity index (χ4v) is 3.79. The number of nitrogens with two attached hydrogens (primary N) is 1. The van der Waals surface area contributed by atoms with Crippen LogP contribution in [-0.4, -0.2) is 11.0 Å². The predicted molar refractivity (Wildman–Crippen MR) is 68.8 cm³/mol. The number of thiazole rings is 1. The molecule has 0 spiro atoms. The number of hydrogen-bond acceptors (Lipinski definition) is 3. The topological polar surface area (TPSA) is 38.9 Å². The van der Waals surface area contributed by atoms with E-state index in [4.69, 9.17) is 5.73 Å². The smallest absolute Gasteiger partial charge is 0.125 e. The van der Waals surface area contributed by atoms with Gasteiger partial charge in [0.1, 0.15) is 10.8 Å². The van der Waals surface area contributed by atoms with Crippen molar-refractivity contribution in [3.8, 4) is 0 Å². The van der Waals surface area contributed by atoms with Crippen molar-refractivity contribution in [3.63, 3.8) is 0 Å². The molecule has 2 N–H and O–H groups in total. The summed E-state index contributed by atoms with van der Waals surface area (Å²) in [5.41, 5.74) is 6.92. The van der Waals surface area contributed by atoms with Crippen LogP contribution in [0, 0.1) is 5.82 Å². The first kappa shape index (κ1) is 11.1. The van der Waals surface area contributed by atoms with Crippen LogP contribution in [0.4, 0.5) is 4.39 Å². The van der Waals surface area contributed by atoms with Gasteiger partial charge in [-0.05, 0) is 25.0 Å². The van der Waals surface area contributed by atoms with Crippen LogP contribution in [-0.2, 0) is 5.41 Å². The lowest BCUT2D eigenvalue weighted by Crippen LogP contribution is -2.38. The summed E-state index contributed by atoms with van der Waals surface area (Å²) in [4.78, 5) is 4.58. The molecule has 1 saturated carbocycles. The number of halogens is 1. The molecule has 0 aliphatic heterocycles. The molecule has 4 heteroatoms. The molecule has 1 fully saturated rings. The van der Waals surface area contributed by atoms with E-state index < -0.39 is 0 Å². The summed E-state index contributed by atoms with van der Waals surface area (Å²) in [5, 5.41) is 1.06. The second-order valence-electron chi connectivity index (χ2n) is 5.05. The predicted octanol–water partition coefficient (Wildman–Crippen LogP) is 3.20. The van der Waals surface area contributed by atoms with Crippen molar-refractivity contribution in [2.24, 2.45) is 5.73 Å². The highest BCUT2D eigenvalue weighted by Crippen LogP contribution is 2.42. The second kappa shape index (κ2) is 3.75. The van der Waals surface area contributed by atoms with Gasteiger partial charge in [-0.3, -0.25) is 0 Å². The molecule has 1 aliphatic carbocycles. The summed E-state index contributed by atoms with van der Waals surface area (Å²) in [6.07, 6.45) is 3.29. The molecule has 0 bridgehead atoms. The van der Waals surface area contributed by atoms with Crippen LogP contribution in [0.15, 0.2) is 18.2 Å². The second-order valence-corrected chi connectivity index (χ2v) is 6.08. The average Bonchev–Trinajstić information content (AvgIpc) is 2.84. The number of benzene rings is 1. The van der Waals surface area contributed by atoms with Gasteiger partial charge >= 0.3 is 0 Å². The van der Waals surface area contributed by atoms with Gasteiger partial charge in [-0.2, -0.15) is 0 Å². The molecule has 1 aromatic carbocycles. The average molecular weight is 250 g/mol. The highest BCUT2D eigenvalue weighted by molar-refractivity contribution is 7.18. The molecule has 2 nitrogen and oxygen atoms in total. The van der Waals surface area contributed by atoms with E-state index in [1.54, 1.807) is 17.4 Å². The molecule has 0 radical (unpaired) electrons. The van der Waals surface area contributed by atoms with E-state index in [0.29, 0.717) is 0 Å². The Morgan fingerprint density at radius 1 is 1.53 bits per heavy atom. The number of nitrogens with zero attached hydrogens (tertiary/aromatic N) is 1. The lowest BCUT2D eigenvalue weighted by Gasteiger charge is -2.26. The minimum absolute atomic E-state index is 0.0276. The Morgan fingerprint density at radius 2 is 2.35 bits per heavy atom. The minimum atomic E-state index is -0.227. The molecule has 2 unspecified atom stereocenters. The third-order valence-electron chi connectivity index (χ3n) is 3.87. The van der Waals surface area contributed by atoms with Crippen LogP contribution in [0.25, 0.3) is 10.2 Å². The Labute approximate surface area is 104 Å². The molecule has 2 atom stereocenters. The first-order chi connectivity index (χ1) is 8.09.